The van der Waals surface area contributed by atoms with Crippen LogP contribution in [0.25, 0.3) is 11.5 Å². The maximum Gasteiger partial charge on any atom is 0.263 e. The average molecular weight is 301 g/mol. The summed E-state index contributed by atoms with van der Waals surface area (Å²) in [6, 6.07) is 1.94. The Bertz CT molecular complexity index is 756. The first-order chi connectivity index (χ1) is 10.7. The maximum absolute atomic E-state index is 12.6. The minimum absolute atomic E-state index is 0.0569. The molecule has 0 aromatic carbocycles. The van der Waals surface area contributed by atoms with E-state index in [4.69, 9.17) is 9.26 Å². The first kappa shape index (κ1) is 13.7. The van der Waals surface area contributed by atoms with Gasteiger partial charge in [0.2, 0.25) is 0 Å². The summed E-state index contributed by atoms with van der Waals surface area (Å²) in [6.07, 6.45) is 5.19. The van der Waals surface area contributed by atoms with Crippen LogP contribution in [0.15, 0.2) is 15.4 Å². The number of rotatable bonds is 2. The number of pyridine rings is 1. The molecule has 1 aliphatic carbocycles. The highest BCUT2D eigenvalue weighted by molar-refractivity contribution is 5.54. The zero-order chi connectivity index (χ0) is 15.1. The molecule has 0 amide bonds. The largest absolute Gasteiger partial charge is 0.381 e. The van der Waals surface area contributed by atoms with E-state index in [2.05, 4.69) is 10.1 Å². The van der Waals surface area contributed by atoms with E-state index in [1.165, 1.54) is 12.0 Å². The topological polar surface area (TPSA) is 70.2 Å². The summed E-state index contributed by atoms with van der Waals surface area (Å²) in [6.45, 7) is 1.36. The summed E-state index contributed by atoms with van der Waals surface area (Å²) in [4.78, 5) is 17.0. The fraction of sp³-hybridized carbons (Fsp3) is 0.562. The fourth-order valence-electron chi connectivity index (χ4n) is 3.39. The number of hydrogen-bond acceptors (Lipinski definition) is 5. The van der Waals surface area contributed by atoms with E-state index >= 15 is 0 Å². The molecule has 22 heavy (non-hydrogen) atoms. The van der Waals surface area contributed by atoms with Crippen LogP contribution in [0, 0.1) is 0 Å². The molecule has 2 aliphatic rings. The minimum Gasteiger partial charge on any atom is -0.381 e. The van der Waals surface area contributed by atoms with Crippen molar-refractivity contribution in [1.82, 2.24) is 14.7 Å². The molecule has 0 radical (unpaired) electrons. The van der Waals surface area contributed by atoms with E-state index in [-0.39, 0.29) is 11.5 Å². The lowest BCUT2D eigenvalue weighted by Gasteiger charge is -2.19. The third kappa shape index (κ3) is 2.18. The normalized spacial score (nSPS) is 21.0. The highest BCUT2D eigenvalue weighted by Gasteiger charge is 2.25. The maximum atomic E-state index is 12.6. The van der Waals surface area contributed by atoms with Crippen LogP contribution >= 0.6 is 0 Å². The standard InChI is InChI=1S/C16H19N3O3/c1-19-13-5-3-2-4-10(13)8-12(16(19)20)15-17-14(18-22-15)11-6-7-21-9-11/h8,11H,2-7,9H2,1H3. The molecule has 1 atom stereocenters. The second-order valence-electron chi connectivity index (χ2n) is 6.12. The Hall–Kier alpha value is -1.95. The molecule has 0 saturated carbocycles. The third-order valence-electron chi connectivity index (χ3n) is 4.71. The van der Waals surface area contributed by atoms with Gasteiger partial charge in [-0.2, -0.15) is 4.98 Å². The van der Waals surface area contributed by atoms with E-state index in [0.29, 0.717) is 23.9 Å². The van der Waals surface area contributed by atoms with Gasteiger partial charge in [-0.3, -0.25) is 4.79 Å². The Morgan fingerprint density at radius 2 is 2.18 bits per heavy atom. The highest BCUT2D eigenvalue weighted by atomic mass is 16.5. The van der Waals surface area contributed by atoms with Crippen LogP contribution in [0.5, 0.6) is 0 Å². The molecule has 3 heterocycles. The molecule has 0 bridgehead atoms. The van der Waals surface area contributed by atoms with Crippen LogP contribution in [-0.4, -0.2) is 27.9 Å². The Morgan fingerprint density at radius 1 is 1.32 bits per heavy atom. The van der Waals surface area contributed by atoms with Crippen molar-refractivity contribution in [2.45, 2.75) is 38.0 Å². The molecule has 2 aromatic heterocycles. The van der Waals surface area contributed by atoms with Gasteiger partial charge in [-0.1, -0.05) is 5.16 Å². The fourth-order valence-corrected chi connectivity index (χ4v) is 3.39. The monoisotopic (exact) mass is 301 g/mol. The van der Waals surface area contributed by atoms with Gasteiger partial charge in [-0.05, 0) is 43.7 Å². The van der Waals surface area contributed by atoms with Gasteiger partial charge in [-0.25, -0.2) is 0 Å². The van der Waals surface area contributed by atoms with Crippen LogP contribution in [0.1, 0.15) is 42.3 Å². The molecule has 1 unspecified atom stereocenters. The van der Waals surface area contributed by atoms with Crippen molar-refractivity contribution >= 4 is 0 Å². The van der Waals surface area contributed by atoms with Gasteiger partial charge in [0.25, 0.3) is 11.4 Å². The van der Waals surface area contributed by atoms with Gasteiger partial charge in [-0.15, -0.1) is 0 Å². The molecule has 6 heteroatoms. The molecule has 0 N–H and O–H groups in total. The molecule has 1 fully saturated rings. The van der Waals surface area contributed by atoms with E-state index in [0.717, 1.165) is 38.0 Å². The summed E-state index contributed by atoms with van der Waals surface area (Å²) in [5.41, 5.74) is 2.83. The van der Waals surface area contributed by atoms with E-state index in [1.54, 1.807) is 4.57 Å². The van der Waals surface area contributed by atoms with Crippen LogP contribution in [0.2, 0.25) is 0 Å². The van der Waals surface area contributed by atoms with Crippen molar-refractivity contribution in [3.05, 3.63) is 33.5 Å². The van der Waals surface area contributed by atoms with Crippen LogP contribution in [0.3, 0.4) is 0 Å². The summed E-state index contributed by atoms with van der Waals surface area (Å²) in [7, 11) is 1.83. The van der Waals surface area contributed by atoms with Crippen LogP contribution < -0.4 is 5.56 Å². The quantitative estimate of drug-likeness (QED) is 0.846. The number of ether oxygens (including phenoxy) is 1. The average Bonchev–Trinajstić information content (AvgIpc) is 3.21. The van der Waals surface area contributed by atoms with Crippen molar-refractivity contribution < 1.29 is 9.26 Å². The number of aromatic nitrogens is 3. The molecule has 1 aliphatic heterocycles. The Morgan fingerprint density at radius 3 is 3.00 bits per heavy atom. The Balaban J connectivity index is 1.76. The molecule has 0 spiro atoms. The highest BCUT2D eigenvalue weighted by Crippen LogP contribution is 2.27. The van der Waals surface area contributed by atoms with Crippen molar-refractivity contribution in [1.29, 1.82) is 0 Å². The molecular weight excluding hydrogens is 282 g/mol. The first-order valence-corrected chi connectivity index (χ1v) is 7.87. The molecular formula is C16H19N3O3. The lowest BCUT2D eigenvalue weighted by Crippen LogP contribution is -2.25. The summed E-state index contributed by atoms with van der Waals surface area (Å²) < 4.78 is 12.5. The number of fused-ring (bicyclic) bond motifs is 1. The summed E-state index contributed by atoms with van der Waals surface area (Å²) in [5, 5.41) is 4.04. The van der Waals surface area contributed by atoms with Crippen molar-refractivity contribution in [2.75, 3.05) is 13.2 Å². The van der Waals surface area contributed by atoms with Gasteiger partial charge >= 0.3 is 0 Å². The molecule has 4 rings (SSSR count). The van der Waals surface area contributed by atoms with Gasteiger partial charge in [0.05, 0.1) is 6.61 Å². The number of hydrogen-bond donors (Lipinski definition) is 0. The van der Waals surface area contributed by atoms with Crippen LogP contribution in [0.4, 0.5) is 0 Å². The smallest absolute Gasteiger partial charge is 0.263 e. The van der Waals surface area contributed by atoms with E-state index in [1.807, 2.05) is 13.1 Å². The molecule has 6 nitrogen and oxygen atoms in total. The summed E-state index contributed by atoms with van der Waals surface area (Å²) in [5.74, 6) is 1.15. The molecule has 116 valence electrons. The van der Waals surface area contributed by atoms with E-state index in [9.17, 15) is 4.79 Å². The molecule has 1 saturated heterocycles. The SMILES string of the molecule is Cn1c2c(cc(-c3nc(C4CCOC4)no3)c1=O)CCCC2. The van der Waals surface area contributed by atoms with Crippen molar-refractivity contribution in [3.8, 4) is 11.5 Å². The van der Waals surface area contributed by atoms with Crippen LogP contribution in [-0.2, 0) is 24.6 Å². The van der Waals surface area contributed by atoms with Gasteiger partial charge in [0.15, 0.2) is 5.82 Å². The molecule has 2 aromatic rings. The lowest BCUT2D eigenvalue weighted by atomic mass is 9.94. The number of aryl methyl sites for hydroxylation is 1. The third-order valence-corrected chi connectivity index (χ3v) is 4.71. The van der Waals surface area contributed by atoms with Gasteiger partial charge < -0.3 is 13.8 Å². The first-order valence-electron chi connectivity index (χ1n) is 7.87. The van der Waals surface area contributed by atoms with Gasteiger partial charge in [0.1, 0.15) is 5.56 Å². The van der Waals surface area contributed by atoms with Gasteiger partial charge in [0, 0.05) is 25.3 Å². The minimum atomic E-state index is -0.0569. The second-order valence-corrected chi connectivity index (χ2v) is 6.12. The summed E-state index contributed by atoms with van der Waals surface area (Å²) >= 11 is 0. The Kier molecular flexibility index (Phi) is 3.33. The Labute approximate surface area is 128 Å². The zero-order valence-corrected chi connectivity index (χ0v) is 12.7. The van der Waals surface area contributed by atoms with E-state index < -0.39 is 0 Å². The van der Waals surface area contributed by atoms with Crippen molar-refractivity contribution in [3.63, 3.8) is 0 Å². The number of nitrogens with zero attached hydrogens (tertiary/aromatic N) is 3. The van der Waals surface area contributed by atoms with Crippen molar-refractivity contribution in [2.24, 2.45) is 7.05 Å². The predicted octanol–water partition coefficient (Wildman–Crippen LogP) is 1.82. The predicted molar refractivity (Wildman–Crippen MR) is 79.8 cm³/mol. The zero-order valence-electron chi connectivity index (χ0n) is 12.7. The lowest BCUT2D eigenvalue weighted by molar-refractivity contribution is 0.192. The second kappa shape index (κ2) is 5.35.